The molecule has 1 aromatic carbocycles. The van der Waals surface area contributed by atoms with Crippen LogP contribution in [0.1, 0.15) is 6.92 Å². The van der Waals surface area contributed by atoms with Gasteiger partial charge in [0.05, 0.1) is 11.4 Å². The number of pyridine rings is 1. The molecule has 0 fully saturated rings. The molecule has 2 rings (SSSR count). The lowest BCUT2D eigenvalue weighted by Crippen LogP contribution is -2.07. The van der Waals surface area contributed by atoms with E-state index in [0.717, 1.165) is 11.3 Å². The molecular weight excluding hydrogens is 236 g/mol. The first kappa shape index (κ1) is 11.6. The molecule has 0 aliphatic carbocycles. The van der Waals surface area contributed by atoms with Crippen LogP contribution in [0.3, 0.4) is 0 Å². The molecule has 1 aromatic heterocycles. The number of halogens is 1. The van der Waals surface area contributed by atoms with E-state index in [-0.39, 0.29) is 5.91 Å². The maximum absolute atomic E-state index is 11.1. The smallest absolute Gasteiger partial charge is 0.221 e. The van der Waals surface area contributed by atoms with E-state index in [4.69, 9.17) is 11.6 Å². The second-order valence-electron chi connectivity index (χ2n) is 3.59. The maximum atomic E-state index is 11.1. The Morgan fingerprint density at radius 3 is 2.76 bits per heavy atom. The number of carbonyl (C=O) groups is 1. The van der Waals surface area contributed by atoms with Crippen LogP contribution in [-0.2, 0) is 4.79 Å². The van der Waals surface area contributed by atoms with Gasteiger partial charge < -0.3 is 5.32 Å². The molecule has 0 spiro atoms. The zero-order valence-corrected chi connectivity index (χ0v) is 10.0. The second kappa shape index (κ2) is 4.97. The number of hydrogen-bond acceptors (Lipinski definition) is 2. The number of rotatable bonds is 2. The summed E-state index contributed by atoms with van der Waals surface area (Å²) in [5, 5.41) is 3.37. The molecule has 1 N–H and O–H groups in total. The molecular formula is C13H11ClN2O. The monoisotopic (exact) mass is 246 g/mol. The van der Waals surface area contributed by atoms with Crippen LogP contribution in [-0.4, -0.2) is 10.9 Å². The number of anilines is 1. The minimum absolute atomic E-state index is 0.121. The number of carbonyl (C=O) groups excluding carboxylic acids is 1. The fourth-order valence-electron chi connectivity index (χ4n) is 1.55. The first-order valence-electron chi connectivity index (χ1n) is 5.15. The fourth-order valence-corrected chi connectivity index (χ4v) is 1.72. The van der Waals surface area contributed by atoms with Crippen LogP contribution in [0.5, 0.6) is 0 Å². The second-order valence-corrected chi connectivity index (χ2v) is 4.02. The van der Waals surface area contributed by atoms with Gasteiger partial charge in [-0.1, -0.05) is 17.7 Å². The SMILES string of the molecule is CC(=O)Nc1ccc(Cl)cc1-c1ccccn1. The largest absolute Gasteiger partial charge is 0.326 e. The molecule has 17 heavy (non-hydrogen) atoms. The van der Waals surface area contributed by atoms with Gasteiger partial charge in [0.15, 0.2) is 0 Å². The lowest BCUT2D eigenvalue weighted by atomic mass is 10.1. The van der Waals surface area contributed by atoms with Gasteiger partial charge >= 0.3 is 0 Å². The highest BCUT2D eigenvalue weighted by molar-refractivity contribution is 6.31. The highest BCUT2D eigenvalue weighted by Crippen LogP contribution is 2.29. The van der Waals surface area contributed by atoms with Gasteiger partial charge in [0.2, 0.25) is 5.91 Å². The van der Waals surface area contributed by atoms with Crippen molar-refractivity contribution < 1.29 is 4.79 Å². The van der Waals surface area contributed by atoms with Crippen molar-refractivity contribution in [3.05, 3.63) is 47.6 Å². The van der Waals surface area contributed by atoms with Crippen LogP contribution >= 0.6 is 11.6 Å². The third-order valence-electron chi connectivity index (χ3n) is 2.23. The highest BCUT2D eigenvalue weighted by Gasteiger charge is 2.07. The lowest BCUT2D eigenvalue weighted by molar-refractivity contribution is -0.114. The molecule has 0 radical (unpaired) electrons. The standard InChI is InChI=1S/C13H11ClN2O/c1-9(17)16-13-6-5-10(14)8-11(13)12-4-2-3-7-15-12/h2-8H,1H3,(H,16,17). The molecule has 0 aliphatic rings. The predicted molar refractivity (Wildman–Crippen MR) is 69.0 cm³/mol. The normalized spacial score (nSPS) is 10.0. The van der Waals surface area contributed by atoms with Crippen molar-refractivity contribution in [2.24, 2.45) is 0 Å². The summed E-state index contributed by atoms with van der Waals surface area (Å²) < 4.78 is 0. The van der Waals surface area contributed by atoms with Crippen LogP contribution in [0.4, 0.5) is 5.69 Å². The molecule has 0 unspecified atom stereocenters. The minimum atomic E-state index is -0.121. The van der Waals surface area contributed by atoms with Crippen molar-refractivity contribution in [3.8, 4) is 11.3 Å². The van der Waals surface area contributed by atoms with E-state index in [1.54, 1.807) is 24.4 Å². The van der Waals surface area contributed by atoms with Gasteiger partial charge in [0.25, 0.3) is 0 Å². The van der Waals surface area contributed by atoms with Crippen LogP contribution in [0.2, 0.25) is 5.02 Å². The Kier molecular flexibility index (Phi) is 3.40. The Hall–Kier alpha value is -1.87. The number of nitrogens with one attached hydrogen (secondary N) is 1. The molecule has 0 saturated heterocycles. The average molecular weight is 247 g/mol. The molecule has 0 bridgehead atoms. The summed E-state index contributed by atoms with van der Waals surface area (Å²) in [6.45, 7) is 1.47. The number of hydrogen-bond donors (Lipinski definition) is 1. The summed E-state index contributed by atoms with van der Waals surface area (Å²) in [6.07, 6.45) is 1.70. The minimum Gasteiger partial charge on any atom is -0.326 e. The van der Waals surface area contributed by atoms with Gasteiger partial charge in [-0.2, -0.15) is 0 Å². The summed E-state index contributed by atoms with van der Waals surface area (Å²) in [5.41, 5.74) is 2.30. The van der Waals surface area contributed by atoms with Crippen molar-refractivity contribution in [2.75, 3.05) is 5.32 Å². The van der Waals surface area contributed by atoms with E-state index in [9.17, 15) is 4.79 Å². The third-order valence-corrected chi connectivity index (χ3v) is 2.47. The van der Waals surface area contributed by atoms with Gasteiger partial charge in [-0.15, -0.1) is 0 Å². The Bertz CT molecular complexity index is 540. The molecule has 0 saturated carbocycles. The molecule has 3 nitrogen and oxygen atoms in total. The lowest BCUT2D eigenvalue weighted by Gasteiger charge is -2.09. The molecule has 1 amide bonds. The first-order valence-corrected chi connectivity index (χ1v) is 5.53. The third kappa shape index (κ3) is 2.82. The van der Waals surface area contributed by atoms with Gasteiger partial charge in [0, 0.05) is 23.7 Å². The predicted octanol–water partition coefficient (Wildman–Crippen LogP) is 3.36. The Morgan fingerprint density at radius 1 is 1.29 bits per heavy atom. The van der Waals surface area contributed by atoms with Gasteiger partial charge in [-0.05, 0) is 30.3 Å². The number of nitrogens with zero attached hydrogens (tertiary/aromatic N) is 1. The van der Waals surface area contributed by atoms with E-state index in [1.807, 2.05) is 18.2 Å². The van der Waals surface area contributed by atoms with Crippen molar-refractivity contribution in [1.29, 1.82) is 0 Å². The first-order chi connectivity index (χ1) is 8.16. The Morgan fingerprint density at radius 2 is 2.12 bits per heavy atom. The zero-order valence-electron chi connectivity index (χ0n) is 9.27. The molecule has 0 aliphatic heterocycles. The fraction of sp³-hybridized carbons (Fsp3) is 0.0769. The molecule has 1 heterocycles. The summed E-state index contributed by atoms with van der Waals surface area (Å²) in [6, 6.07) is 10.9. The molecule has 86 valence electrons. The van der Waals surface area contributed by atoms with E-state index in [2.05, 4.69) is 10.3 Å². The van der Waals surface area contributed by atoms with Crippen molar-refractivity contribution in [3.63, 3.8) is 0 Å². The van der Waals surface area contributed by atoms with Crippen molar-refractivity contribution >= 4 is 23.2 Å². The van der Waals surface area contributed by atoms with Crippen LogP contribution < -0.4 is 5.32 Å². The van der Waals surface area contributed by atoms with Crippen LogP contribution in [0.25, 0.3) is 11.3 Å². The zero-order chi connectivity index (χ0) is 12.3. The van der Waals surface area contributed by atoms with Crippen molar-refractivity contribution in [1.82, 2.24) is 4.98 Å². The molecule has 2 aromatic rings. The van der Waals surface area contributed by atoms with E-state index in [1.165, 1.54) is 6.92 Å². The van der Waals surface area contributed by atoms with E-state index < -0.39 is 0 Å². The quantitative estimate of drug-likeness (QED) is 0.883. The molecule has 0 atom stereocenters. The summed E-state index contributed by atoms with van der Waals surface area (Å²) in [4.78, 5) is 15.4. The average Bonchev–Trinajstić information content (AvgIpc) is 2.32. The topological polar surface area (TPSA) is 42.0 Å². The summed E-state index contributed by atoms with van der Waals surface area (Å²) in [5.74, 6) is -0.121. The van der Waals surface area contributed by atoms with Gasteiger partial charge in [-0.25, -0.2) is 0 Å². The van der Waals surface area contributed by atoms with Gasteiger partial charge in [0.1, 0.15) is 0 Å². The number of amides is 1. The van der Waals surface area contributed by atoms with E-state index >= 15 is 0 Å². The summed E-state index contributed by atoms with van der Waals surface area (Å²) >= 11 is 5.96. The van der Waals surface area contributed by atoms with Crippen LogP contribution in [0, 0.1) is 0 Å². The van der Waals surface area contributed by atoms with Gasteiger partial charge in [-0.3, -0.25) is 9.78 Å². The Labute approximate surface area is 104 Å². The highest BCUT2D eigenvalue weighted by atomic mass is 35.5. The summed E-state index contributed by atoms with van der Waals surface area (Å²) in [7, 11) is 0. The van der Waals surface area contributed by atoms with Crippen LogP contribution in [0.15, 0.2) is 42.6 Å². The maximum Gasteiger partial charge on any atom is 0.221 e. The number of benzene rings is 1. The number of aromatic nitrogens is 1. The Balaban J connectivity index is 2.51. The molecule has 4 heteroatoms. The van der Waals surface area contributed by atoms with Crippen molar-refractivity contribution in [2.45, 2.75) is 6.92 Å². The van der Waals surface area contributed by atoms with E-state index in [0.29, 0.717) is 10.7 Å².